The highest BCUT2D eigenvalue weighted by Gasteiger charge is 2.25. The molecule has 1 aliphatic rings. The van der Waals surface area contributed by atoms with Crippen molar-refractivity contribution in [2.75, 3.05) is 33.4 Å². The molecule has 2 atom stereocenters. The average molecular weight is 230 g/mol. The fourth-order valence-corrected chi connectivity index (χ4v) is 1.75. The van der Waals surface area contributed by atoms with Crippen LogP contribution in [0.2, 0.25) is 0 Å². The van der Waals surface area contributed by atoms with Crippen molar-refractivity contribution in [3.63, 3.8) is 0 Å². The van der Waals surface area contributed by atoms with Gasteiger partial charge in [-0.3, -0.25) is 4.79 Å². The van der Waals surface area contributed by atoms with E-state index in [9.17, 15) is 4.79 Å². The normalized spacial score (nSPS) is 23.2. The number of amides is 1. The zero-order valence-corrected chi connectivity index (χ0v) is 10.1. The van der Waals surface area contributed by atoms with Crippen LogP contribution < -0.4 is 5.73 Å². The molecule has 1 saturated heterocycles. The predicted octanol–water partition coefficient (Wildman–Crippen LogP) is -0.0124. The summed E-state index contributed by atoms with van der Waals surface area (Å²) in [6.45, 7) is 4.41. The standard InChI is InChI=1S/C11H22N2O3/c1-9(12)10-8-13(5-7-16-10)11(14)4-3-6-15-2/h9-10H,3-8,12H2,1-2H3. The van der Waals surface area contributed by atoms with Crippen LogP contribution in [-0.4, -0.2) is 56.4 Å². The van der Waals surface area contributed by atoms with E-state index in [1.807, 2.05) is 11.8 Å². The van der Waals surface area contributed by atoms with Crippen molar-refractivity contribution in [3.05, 3.63) is 0 Å². The number of methoxy groups -OCH3 is 1. The summed E-state index contributed by atoms with van der Waals surface area (Å²) < 4.78 is 10.4. The molecule has 0 aliphatic carbocycles. The highest BCUT2D eigenvalue weighted by atomic mass is 16.5. The molecular weight excluding hydrogens is 208 g/mol. The second-order valence-corrected chi connectivity index (χ2v) is 4.20. The number of ether oxygens (including phenoxy) is 2. The van der Waals surface area contributed by atoms with Crippen LogP contribution in [0.4, 0.5) is 0 Å². The first kappa shape index (κ1) is 13.4. The number of carbonyl (C=O) groups excluding carboxylic acids is 1. The smallest absolute Gasteiger partial charge is 0.222 e. The Morgan fingerprint density at radius 2 is 2.44 bits per heavy atom. The van der Waals surface area contributed by atoms with Crippen LogP contribution in [0.5, 0.6) is 0 Å². The van der Waals surface area contributed by atoms with Gasteiger partial charge in [-0.2, -0.15) is 0 Å². The summed E-state index contributed by atoms with van der Waals surface area (Å²) in [7, 11) is 1.64. The van der Waals surface area contributed by atoms with Gasteiger partial charge in [-0.25, -0.2) is 0 Å². The van der Waals surface area contributed by atoms with Crippen LogP contribution in [0.1, 0.15) is 19.8 Å². The second-order valence-electron chi connectivity index (χ2n) is 4.20. The zero-order valence-electron chi connectivity index (χ0n) is 10.1. The summed E-state index contributed by atoms with van der Waals surface area (Å²) in [6.07, 6.45) is 1.29. The summed E-state index contributed by atoms with van der Waals surface area (Å²) in [5.41, 5.74) is 5.77. The summed E-state index contributed by atoms with van der Waals surface area (Å²) >= 11 is 0. The van der Waals surface area contributed by atoms with Crippen molar-refractivity contribution < 1.29 is 14.3 Å². The minimum absolute atomic E-state index is 0.0277. The molecule has 0 aromatic heterocycles. The summed E-state index contributed by atoms with van der Waals surface area (Å²) in [6, 6.07) is -0.0328. The third-order valence-corrected chi connectivity index (χ3v) is 2.77. The molecule has 0 aromatic rings. The molecule has 2 N–H and O–H groups in total. The van der Waals surface area contributed by atoms with Crippen LogP contribution in [0.3, 0.4) is 0 Å². The Balaban J connectivity index is 2.32. The highest BCUT2D eigenvalue weighted by molar-refractivity contribution is 5.76. The maximum atomic E-state index is 11.8. The van der Waals surface area contributed by atoms with Gasteiger partial charge in [0.1, 0.15) is 0 Å². The van der Waals surface area contributed by atoms with Crippen LogP contribution >= 0.6 is 0 Å². The Labute approximate surface area is 96.9 Å². The molecule has 5 nitrogen and oxygen atoms in total. The van der Waals surface area contributed by atoms with Gasteiger partial charge in [-0.1, -0.05) is 0 Å². The zero-order chi connectivity index (χ0) is 12.0. The molecule has 1 amide bonds. The Hall–Kier alpha value is -0.650. The second kappa shape index (κ2) is 6.83. The van der Waals surface area contributed by atoms with Gasteiger partial charge < -0.3 is 20.1 Å². The first-order valence-electron chi connectivity index (χ1n) is 5.79. The summed E-state index contributed by atoms with van der Waals surface area (Å²) in [4.78, 5) is 13.7. The van der Waals surface area contributed by atoms with E-state index >= 15 is 0 Å². The van der Waals surface area contributed by atoms with Gasteiger partial charge in [-0.15, -0.1) is 0 Å². The van der Waals surface area contributed by atoms with E-state index in [0.29, 0.717) is 32.7 Å². The maximum Gasteiger partial charge on any atom is 0.222 e. The lowest BCUT2D eigenvalue weighted by molar-refractivity contribution is -0.139. The lowest BCUT2D eigenvalue weighted by atomic mass is 10.1. The topological polar surface area (TPSA) is 64.8 Å². The van der Waals surface area contributed by atoms with Crippen LogP contribution in [0.15, 0.2) is 0 Å². The molecule has 0 aromatic carbocycles. The van der Waals surface area contributed by atoms with Crippen molar-refractivity contribution in [2.24, 2.45) is 5.73 Å². The van der Waals surface area contributed by atoms with Gasteiger partial charge in [0.2, 0.25) is 5.91 Å². The molecule has 94 valence electrons. The molecule has 1 rings (SSSR count). The van der Waals surface area contributed by atoms with Gasteiger partial charge >= 0.3 is 0 Å². The molecule has 1 heterocycles. The van der Waals surface area contributed by atoms with Gasteiger partial charge in [-0.05, 0) is 13.3 Å². The van der Waals surface area contributed by atoms with Gasteiger partial charge in [0.25, 0.3) is 0 Å². The molecule has 2 unspecified atom stereocenters. The third-order valence-electron chi connectivity index (χ3n) is 2.77. The van der Waals surface area contributed by atoms with Crippen molar-refractivity contribution in [1.29, 1.82) is 0 Å². The molecule has 1 aliphatic heterocycles. The maximum absolute atomic E-state index is 11.8. The number of hydrogen-bond donors (Lipinski definition) is 1. The minimum Gasteiger partial charge on any atom is -0.385 e. The van der Waals surface area contributed by atoms with Gasteiger partial charge in [0.05, 0.1) is 12.7 Å². The van der Waals surface area contributed by atoms with Crippen molar-refractivity contribution in [2.45, 2.75) is 31.9 Å². The summed E-state index contributed by atoms with van der Waals surface area (Å²) in [5, 5.41) is 0. The van der Waals surface area contributed by atoms with E-state index in [0.717, 1.165) is 6.42 Å². The van der Waals surface area contributed by atoms with Gasteiger partial charge in [0, 0.05) is 39.3 Å². The number of nitrogens with zero attached hydrogens (tertiary/aromatic N) is 1. The monoisotopic (exact) mass is 230 g/mol. The number of rotatable bonds is 5. The predicted molar refractivity (Wildman–Crippen MR) is 61.1 cm³/mol. The first-order chi connectivity index (χ1) is 7.65. The van der Waals surface area contributed by atoms with E-state index in [1.165, 1.54) is 0 Å². The van der Waals surface area contributed by atoms with Gasteiger partial charge in [0.15, 0.2) is 0 Å². The molecule has 16 heavy (non-hydrogen) atoms. The van der Waals surface area contributed by atoms with Crippen molar-refractivity contribution in [3.8, 4) is 0 Å². The van der Waals surface area contributed by atoms with E-state index in [-0.39, 0.29) is 18.1 Å². The Kier molecular flexibility index (Phi) is 5.73. The van der Waals surface area contributed by atoms with Crippen LogP contribution in [0, 0.1) is 0 Å². The molecule has 0 radical (unpaired) electrons. The number of carbonyl (C=O) groups is 1. The number of hydrogen-bond acceptors (Lipinski definition) is 4. The third kappa shape index (κ3) is 4.08. The molecule has 0 saturated carbocycles. The largest absolute Gasteiger partial charge is 0.385 e. The van der Waals surface area contributed by atoms with Crippen LogP contribution in [0.25, 0.3) is 0 Å². The molecule has 0 bridgehead atoms. The van der Waals surface area contributed by atoms with E-state index in [2.05, 4.69) is 0 Å². The first-order valence-corrected chi connectivity index (χ1v) is 5.79. The Bertz CT molecular complexity index is 221. The number of nitrogens with two attached hydrogens (primary N) is 1. The van der Waals surface area contributed by atoms with E-state index in [4.69, 9.17) is 15.2 Å². The fraction of sp³-hybridized carbons (Fsp3) is 0.909. The molecular formula is C11H22N2O3. The molecule has 5 heteroatoms. The molecule has 1 fully saturated rings. The van der Waals surface area contributed by atoms with E-state index < -0.39 is 0 Å². The number of morpholine rings is 1. The molecule has 0 spiro atoms. The van der Waals surface area contributed by atoms with Crippen molar-refractivity contribution >= 4 is 5.91 Å². The average Bonchev–Trinajstić information content (AvgIpc) is 2.29. The fourth-order valence-electron chi connectivity index (χ4n) is 1.75. The SMILES string of the molecule is COCCCC(=O)N1CCOC(C(C)N)C1. The van der Waals surface area contributed by atoms with Crippen molar-refractivity contribution in [1.82, 2.24) is 4.90 Å². The highest BCUT2D eigenvalue weighted by Crippen LogP contribution is 2.09. The van der Waals surface area contributed by atoms with E-state index in [1.54, 1.807) is 7.11 Å². The summed E-state index contributed by atoms with van der Waals surface area (Å²) in [5.74, 6) is 0.172. The Morgan fingerprint density at radius 3 is 3.06 bits per heavy atom. The lowest BCUT2D eigenvalue weighted by Crippen LogP contribution is -2.51. The quantitative estimate of drug-likeness (QED) is 0.675. The minimum atomic E-state index is -0.0328. The Morgan fingerprint density at radius 1 is 1.69 bits per heavy atom. The van der Waals surface area contributed by atoms with Crippen LogP contribution in [-0.2, 0) is 14.3 Å². The lowest BCUT2D eigenvalue weighted by Gasteiger charge is -2.34.